The summed E-state index contributed by atoms with van der Waals surface area (Å²) in [6.07, 6.45) is 1.57. The molecule has 0 saturated heterocycles. The minimum Gasteiger partial charge on any atom is -0.397 e. The van der Waals surface area contributed by atoms with Crippen LogP contribution in [-0.2, 0) is 11.2 Å². The lowest BCUT2D eigenvalue weighted by Crippen LogP contribution is -2.31. The van der Waals surface area contributed by atoms with E-state index in [2.05, 4.69) is 22.8 Å². The smallest absolute Gasteiger partial charge is 0.255 e. The van der Waals surface area contributed by atoms with Crippen molar-refractivity contribution in [3.63, 3.8) is 0 Å². The summed E-state index contributed by atoms with van der Waals surface area (Å²) in [5.41, 5.74) is 8.78. The topological polar surface area (TPSA) is 84.2 Å². The summed E-state index contributed by atoms with van der Waals surface area (Å²) in [5.74, 6) is -0.304. The zero-order valence-electron chi connectivity index (χ0n) is 17.3. The highest BCUT2D eigenvalue weighted by Gasteiger charge is 2.27. The average molecular weight is 402 g/mol. The highest BCUT2D eigenvalue weighted by molar-refractivity contribution is 6.06. The van der Waals surface area contributed by atoms with E-state index >= 15 is 0 Å². The van der Waals surface area contributed by atoms with Crippen LogP contribution in [0.3, 0.4) is 0 Å². The van der Waals surface area contributed by atoms with Gasteiger partial charge < -0.3 is 16.4 Å². The Morgan fingerprint density at radius 2 is 1.47 bits per heavy atom. The summed E-state index contributed by atoms with van der Waals surface area (Å²) in [6, 6.07) is 24.1. The lowest BCUT2D eigenvalue weighted by Gasteiger charge is -2.23. The molecule has 2 amide bonds. The Hall–Kier alpha value is -3.60. The van der Waals surface area contributed by atoms with Gasteiger partial charge in [0, 0.05) is 16.7 Å². The van der Waals surface area contributed by atoms with E-state index in [-0.39, 0.29) is 11.8 Å². The van der Waals surface area contributed by atoms with Crippen LogP contribution in [0.15, 0.2) is 78.9 Å². The number of rotatable bonds is 7. The van der Waals surface area contributed by atoms with E-state index < -0.39 is 5.41 Å². The lowest BCUT2D eigenvalue weighted by atomic mass is 9.85. The van der Waals surface area contributed by atoms with Gasteiger partial charge in [0.05, 0.1) is 11.4 Å². The molecule has 0 spiro atoms. The van der Waals surface area contributed by atoms with Crippen LogP contribution in [0.25, 0.3) is 0 Å². The molecule has 0 bridgehead atoms. The largest absolute Gasteiger partial charge is 0.397 e. The van der Waals surface area contributed by atoms with Gasteiger partial charge in [-0.05, 0) is 54.8 Å². The van der Waals surface area contributed by atoms with Crippen molar-refractivity contribution in [3.8, 4) is 0 Å². The highest BCUT2D eigenvalue weighted by atomic mass is 16.2. The Kier molecular flexibility index (Phi) is 6.52. The van der Waals surface area contributed by atoms with Crippen molar-refractivity contribution in [2.24, 2.45) is 5.41 Å². The van der Waals surface area contributed by atoms with E-state index in [0.29, 0.717) is 22.6 Å². The second kappa shape index (κ2) is 9.27. The van der Waals surface area contributed by atoms with Crippen LogP contribution in [0.2, 0.25) is 0 Å². The molecule has 4 N–H and O–H groups in total. The van der Waals surface area contributed by atoms with Crippen molar-refractivity contribution < 1.29 is 9.59 Å². The molecular weight excluding hydrogens is 374 g/mol. The first-order valence-electron chi connectivity index (χ1n) is 9.96. The zero-order chi connectivity index (χ0) is 21.6. The maximum absolute atomic E-state index is 12.7. The molecule has 3 aromatic rings. The second-order valence-electron chi connectivity index (χ2n) is 7.94. The van der Waals surface area contributed by atoms with Gasteiger partial charge >= 0.3 is 0 Å². The number of nitrogen functional groups attached to an aromatic ring is 1. The third kappa shape index (κ3) is 5.47. The molecule has 154 valence electrons. The number of carbonyl (C=O) groups is 2. The van der Waals surface area contributed by atoms with Crippen LogP contribution in [0, 0.1) is 5.41 Å². The molecule has 30 heavy (non-hydrogen) atoms. The van der Waals surface area contributed by atoms with Gasteiger partial charge in [-0.1, -0.05) is 56.3 Å². The van der Waals surface area contributed by atoms with Crippen molar-refractivity contribution in [2.45, 2.75) is 26.7 Å². The molecule has 0 atom stereocenters. The van der Waals surface area contributed by atoms with Gasteiger partial charge in [0.15, 0.2) is 0 Å². The molecule has 0 radical (unpaired) electrons. The molecule has 0 unspecified atom stereocenters. The van der Waals surface area contributed by atoms with Gasteiger partial charge in [-0.3, -0.25) is 9.59 Å². The van der Waals surface area contributed by atoms with Crippen molar-refractivity contribution in [2.75, 3.05) is 16.4 Å². The summed E-state index contributed by atoms with van der Waals surface area (Å²) >= 11 is 0. The average Bonchev–Trinajstić information content (AvgIpc) is 2.75. The summed E-state index contributed by atoms with van der Waals surface area (Å²) < 4.78 is 0. The van der Waals surface area contributed by atoms with Crippen LogP contribution in [0.5, 0.6) is 0 Å². The third-order valence-electron chi connectivity index (χ3n) is 5.11. The van der Waals surface area contributed by atoms with Crippen LogP contribution >= 0.6 is 0 Å². The van der Waals surface area contributed by atoms with E-state index in [4.69, 9.17) is 5.73 Å². The van der Waals surface area contributed by atoms with Crippen LogP contribution in [0.4, 0.5) is 17.1 Å². The molecule has 0 aliphatic carbocycles. The van der Waals surface area contributed by atoms with Crippen LogP contribution in [-0.4, -0.2) is 11.8 Å². The Balaban J connectivity index is 1.58. The van der Waals surface area contributed by atoms with Crippen LogP contribution in [0.1, 0.15) is 36.2 Å². The van der Waals surface area contributed by atoms with Crippen molar-refractivity contribution in [1.82, 2.24) is 0 Å². The fourth-order valence-electron chi connectivity index (χ4n) is 3.03. The van der Waals surface area contributed by atoms with Crippen molar-refractivity contribution in [1.29, 1.82) is 0 Å². The van der Waals surface area contributed by atoms with E-state index in [1.54, 1.807) is 36.4 Å². The Morgan fingerprint density at radius 3 is 2.13 bits per heavy atom. The van der Waals surface area contributed by atoms with E-state index in [1.165, 1.54) is 5.56 Å². The fourth-order valence-corrected chi connectivity index (χ4v) is 3.03. The molecule has 5 heteroatoms. The van der Waals surface area contributed by atoms with Gasteiger partial charge in [-0.2, -0.15) is 0 Å². The number of carbonyl (C=O) groups excluding carboxylic acids is 2. The van der Waals surface area contributed by atoms with Gasteiger partial charge in [-0.15, -0.1) is 0 Å². The number of para-hydroxylation sites is 2. The molecule has 0 saturated carbocycles. The lowest BCUT2D eigenvalue weighted by molar-refractivity contribution is -0.124. The van der Waals surface area contributed by atoms with Gasteiger partial charge in [0.1, 0.15) is 0 Å². The predicted molar refractivity (Wildman–Crippen MR) is 122 cm³/mol. The number of hydrogen-bond acceptors (Lipinski definition) is 3. The van der Waals surface area contributed by atoms with Crippen molar-refractivity contribution in [3.05, 3.63) is 90.0 Å². The first-order valence-corrected chi connectivity index (χ1v) is 9.96. The first-order chi connectivity index (χ1) is 14.3. The molecule has 0 heterocycles. The number of benzene rings is 3. The van der Waals surface area contributed by atoms with Gasteiger partial charge in [-0.25, -0.2) is 0 Å². The highest BCUT2D eigenvalue weighted by Crippen LogP contribution is 2.25. The quantitative estimate of drug-likeness (QED) is 0.481. The zero-order valence-corrected chi connectivity index (χ0v) is 17.3. The monoisotopic (exact) mass is 401 g/mol. The number of hydrogen-bond donors (Lipinski definition) is 3. The maximum atomic E-state index is 12.7. The summed E-state index contributed by atoms with van der Waals surface area (Å²) in [4.78, 5) is 25.2. The van der Waals surface area contributed by atoms with E-state index in [0.717, 1.165) is 12.8 Å². The first kappa shape index (κ1) is 21.1. The minimum absolute atomic E-state index is 0.0484. The number of aryl methyl sites for hydroxylation is 1. The molecule has 5 nitrogen and oxygen atoms in total. The maximum Gasteiger partial charge on any atom is 0.255 e. The molecule has 3 rings (SSSR count). The molecule has 0 fully saturated rings. The van der Waals surface area contributed by atoms with E-state index in [9.17, 15) is 9.59 Å². The third-order valence-corrected chi connectivity index (χ3v) is 5.11. The predicted octanol–water partition coefficient (Wildman–Crippen LogP) is 5.12. The number of nitrogens with one attached hydrogen (secondary N) is 2. The minimum atomic E-state index is -0.517. The number of amides is 2. The molecule has 0 aliphatic heterocycles. The van der Waals surface area contributed by atoms with Crippen LogP contribution < -0.4 is 16.4 Å². The van der Waals surface area contributed by atoms with E-state index in [1.807, 2.05) is 44.2 Å². The SMILES string of the molecule is CC(C)(CCc1ccccc1)C(=O)Nc1ccc(C(=O)Nc2ccccc2N)cc1. The summed E-state index contributed by atoms with van der Waals surface area (Å²) in [7, 11) is 0. The second-order valence-corrected chi connectivity index (χ2v) is 7.94. The molecule has 3 aromatic carbocycles. The number of nitrogens with two attached hydrogens (primary N) is 1. The van der Waals surface area contributed by atoms with Gasteiger partial charge in [0.25, 0.3) is 5.91 Å². The Bertz CT molecular complexity index is 1010. The van der Waals surface area contributed by atoms with Gasteiger partial charge in [0.2, 0.25) is 5.91 Å². The summed E-state index contributed by atoms with van der Waals surface area (Å²) in [5, 5.41) is 5.74. The summed E-state index contributed by atoms with van der Waals surface area (Å²) in [6.45, 7) is 3.88. The number of anilines is 3. The normalized spacial score (nSPS) is 11.0. The van der Waals surface area contributed by atoms with Crippen molar-refractivity contribution >= 4 is 28.9 Å². The molecule has 0 aliphatic rings. The Morgan fingerprint density at radius 1 is 0.833 bits per heavy atom. The molecule has 0 aromatic heterocycles. The Labute approximate surface area is 177 Å². The standard InChI is InChI=1S/C25H27N3O2/c1-25(2,17-16-18-8-4-3-5-9-18)24(30)27-20-14-12-19(13-15-20)23(29)28-22-11-7-6-10-21(22)26/h3-15H,16-17,26H2,1-2H3,(H,27,30)(H,28,29). The fraction of sp³-hybridized carbons (Fsp3) is 0.200. The molecular formula is C25H27N3O2.